The Kier molecular flexibility index (Phi) is 3.06. The molecule has 0 aliphatic heterocycles. The zero-order chi connectivity index (χ0) is 14.3. The monoisotopic (exact) mass is 280 g/mol. The number of carboxylic acids is 1. The maximum absolute atomic E-state index is 11.9. The molecule has 0 atom stereocenters. The summed E-state index contributed by atoms with van der Waals surface area (Å²) in [5, 5.41) is 18.1. The highest BCUT2D eigenvalue weighted by Crippen LogP contribution is 2.47. The molecule has 1 fully saturated rings. The summed E-state index contributed by atoms with van der Waals surface area (Å²) in [6, 6.07) is 3.42. The minimum absolute atomic E-state index is 0.210. The molecule has 19 heavy (non-hydrogen) atoms. The fourth-order valence-corrected chi connectivity index (χ4v) is 2.90. The number of pyridine rings is 1. The van der Waals surface area contributed by atoms with Gasteiger partial charge in [0.05, 0.1) is 17.2 Å². The van der Waals surface area contributed by atoms with Crippen LogP contribution in [0.25, 0.3) is 0 Å². The van der Waals surface area contributed by atoms with E-state index >= 15 is 0 Å². The smallest absolute Gasteiger partial charge is 0.355 e. The summed E-state index contributed by atoms with van der Waals surface area (Å²) in [6.45, 7) is 1.44. The number of hydrogen-bond acceptors (Lipinski definition) is 5. The van der Waals surface area contributed by atoms with Crippen LogP contribution in [0.5, 0.6) is 0 Å². The topological polar surface area (TPSA) is 108 Å². The summed E-state index contributed by atoms with van der Waals surface area (Å²) >= 11 is 0. The van der Waals surface area contributed by atoms with Gasteiger partial charge in [-0.25, -0.2) is 18.2 Å². The predicted octanol–water partition coefficient (Wildman–Crippen LogP) is 1.13. The van der Waals surface area contributed by atoms with Crippen LogP contribution in [0.2, 0.25) is 0 Å². The van der Waals surface area contributed by atoms with Crippen LogP contribution in [0.4, 0.5) is 0 Å². The van der Waals surface area contributed by atoms with Crippen molar-refractivity contribution in [1.82, 2.24) is 4.98 Å². The van der Waals surface area contributed by atoms with Gasteiger partial charge in [-0.3, -0.25) is 0 Å². The quantitative estimate of drug-likeness (QED) is 0.885. The third-order valence-corrected chi connectivity index (χ3v) is 5.03. The molecule has 100 valence electrons. The van der Waals surface area contributed by atoms with Crippen LogP contribution in [-0.2, 0) is 15.3 Å². The molecule has 1 aliphatic rings. The number of carbonyl (C=O) groups is 1. The average Bonchev–Trinajstić information content (AvgIpc) is 3.19. The molecule has 2 rings (SSSR count). The number of rotatable bonds is 4. The minimum Gasteiger partial charge on any atom is -0.476 e. The van der Waals surface area contributed by atoms with Gasteiger partial charge in [0.2, 0.25) is 0 Å². The molecule has 0 radical (unpaired) electrons. The lowest BCUT2D eigenvalue weighted by atomic mass is 10.00. The Hall–Kier alpha value is -1.94. The van der Waals surface area contributed by atoms with Crippen molar-refractivity contribution in [1.29, 1.82) is 5.26 Å². The summed E-state index contributed by atoms with van der Waals surface area (Å²) in [7, 11) is -3.69. The number of sulfone groups is 1. The molecule has 1 aliphatic carbocycles. The first-order valence-electron chi connectivity index (χ1n) is 5.74. The zero-order valence-corrected chi connectivity index (χ0v) is 11.1. The number of nitriles is 1. The molecule has 1 saturated carbocycles. The average molecular weight is 280 g/mol. The van der Waals surface area contributed by atoms with Gasteiger partial charge < -0.3 is 5.11 Å². The van der Waals surface area contributed by atoms with E-state index in [0.717, 1.165) is 0 Å². The number of aromatic carboxylic acids is 1. The van der Waals surface area contributed by atoms with Crippen molar-refractivity contribution in [2.45, 2.75) is 30.1 Å². The lowest BCUT2D eigenvalue weighted by Gasteiger charge is -2.10. The molecule has 0 bridgehead atoms. The van der Waals surface area contributed by atoms with Crippen molar-refractivity contribution in [2.75, 3.05) is 5.75 Å². The van der Waals surface area contributed by atoms with Gasteiger partial charge in [0.1, 0.15) is 4.90 Å². The Balaban J connectivity index is 2.65. The van der Waals surface area contributed by atoms with E-state index < -0.39 is 26.9 Å². The molecule has 0 spiro atoms. The normalized spacial score (nSPS) is 16.6. The molecule has 1 aromatic rings. The lowest BCUT2D eigenvalue weighted by molar-refractivity contribution is 0.0685. The van der Waals surface area contributed by atoms with Crippen LogP contribution in [0, 0.1) is 11.3 Å². The van der Waals surface area contributed by atoms with E-state index in [1.54, 1.807) is 0 Å². The number of nitrogens with zero attached hydrogens (tertiary/aromatic N) is 2. The fraction of sp³-hybridized carbons (Fsp3) is 0.417. The maximum Gasteiger partial charge on any atom is 0.355 e. The fourth-order valence-electron chi connectivity index (χ4n) is 1.85. The van der Waals surface area contributed by atoms with E-state index in [4.69, 9.17) is 10.4 Å². The number of hydrogen-bond donors (Lipinski definition) is 1. The highest BCUT2D eigenvalue weighted by atomic mass is 32.2. The largest absolute Gasteiger partial charge is 0.476 e. The standard InChI is InChI=1S/C12H12N2O4S/c1-2-19(17,18)9-5-8(12(7-13)3-4-12)6-14-10(9)11(15)16/h5-6H,2-4H2,1H3,(H,15,16). The van der Waals surface area contributed by atoms with E-state index in [2.05, 4.69) is 11.1 Å². The lowest BCUT2D eigenvalue weighted by Crippen LogP contribution is -2.15. The summed E-state index contributed by atoms with van der Waals surface area (Å²) in [5.41, 5.74) is -0.700. The van der Waals surface area contributed by atoms with Gasteiger partial charge in [-0.15, -0.1) is 0 Å². The molecule has 0 amide bonds. The van der Waals surface area contributed by atoms with E-state index in [-0.39, 0.29) is 10.6 Å². The predicted molar refractivity (Wildman–Crippen MR) is 65.4 cm³/mol. The van der Waals surface area contributed by atoms with Gasteiger partial charge in [-0.1, -0.05) is 6.92 Å². The Bertz CT molecular complexity index is 684. The van der Waals surface area contributed by atoms with Crippen LogP contribution in [-0.4, -0.2) is 30.2 Å². The summed E-state index contributed by atoms with van der Waals surface area (Å²) in [4.78, 5) is 14.5. The Morgan fingerprint density at radius 1 is 1.58 bits per heavy atom. The second-order valence-corrected chi connectivity index (χ2v) is 6.72. The summed E-state index contributed by atoms with van der Waals surface area (Å²) in [6.07, 6.45) is 2.57. The summed E-state index contributed by atoms with van der Waals surface area (Å²) < 4.78 is 23.9. The van der Waals surface area contributed by atoms with Crippen molar-refractivity contribution >= 4 is 15.8 Å². The van der Waals surface area contributed by atoms with Crippen molar-refractivity contribution < 1.29 is 18.3 Å². The molecular weight excluding hydrogens is 268 g/mol. The van der Waals surface area contributed by atoms with Crippen LogP contribution in [0.15, 0.2) is 17.2 Å². The molecule has 7 heteroatoms. The molecule has 1 aromatic heterocycles. The number of aromatic nitrogens is 1. The third kappa shape index (κ3) is 2.19. The Morgan fingerprint density at radius 3 is 2.63 bits per heavy atom. The molecule has 0 saturated heterocycles. The van der Waals surface area contributed by atoms with Crippen LogP contribution in [0.3, 0.4) is 0 Å². The zero-order valence-electron chi connectivity index (χ0n) is 10.3. The summed E-state index contributed by atoms with van der Waals surface area (Å²) in [5.74, 6) is -1.60. The maximum atomic E-state index is 11.9. The second-order valence-electron chi connectivity index (χ2n) is 4.47. The highest BCUT2D eigenvalue weighted by Gasteiger charge is 2.46. The van der Waals surface area contributed by atoms with Crippen LogP contribution in [0.1, 0.15) is 35.8 Å². The van der Waals surface area contributed by atoms with Crippen LogP contribution < -0.4 is 0 Å². The first-order valence-corrected chi connectivity index (χ1v) is 7.39. The second kappa shape index (κ2) is 4.31. The van der Waals surface area contributed by atoms with E-state index in [1.807, 2.05) is 0 Å². The molecule has 0 aromatic carbocycles. The van der Waals surface area contributed by atoms with Crippen molar-refractivity contribution in [3.63, 3.8) is 0 Å². The Morgan fingerprint density at radius 2 is 2.21 bits per heavy atom. The van der Waals surface area contributed by atoms with Gasteiger partial charge in [-0.2, -0.15) is 5.26 Å². The van der Waals surface area contributed by atoms with Gasteiger partial charge >= 0.3 is 5.97 Å². The minimum atomic E-state index is -3.69. The van der Waals surface area contributed by atoms with Gasteiger partial charge in [0, 0.05) is 6.20 Å². The van der Waals surface area contributed by atoms with Gasteiger partial charge in [0.25, 0.3) is 0 Å². The highest BCUT2D eigenvalue weighted by molar-refractivity contribution is 7.91. The van der Waals surface area contributed by atoms with E-state index in [0.29, 0.717) is 18.4 Å². The SMILES string of the molecule is CCS(=O)(=O)c1cc(C2(C#N)CC2)cnc1C(=O)O. The molecule has 1 heterocycles. The van der Waals surface area contributed by atoms with Crippen LogP contribution >= 0.6 is 0 Å². The molecular formula is C12H12N2O4S. The van der Waals surface area contributed by atoms with E-state index in [9.17, 15) is 13.2 Å². The van der Waals surface area contributed by atoms with Gasteiger partial charge in [0.15, 0.2) is 15.5 Å². The van der Waals surface area contributed by atoms with Crippen molar-refractivity contribution in [2.24, 2.45) is 0 Å². The van der Waals surface area contributed by atoms with Crippen molar-refractivity contribution in [3.05, 3.63) is 23.5 Å². The third-order valence-electron chi connectivity index (χ3n) is 3.29. The van der Waals surface area contributed by atoms with Gasteiger partial charge in [-0.05, 0) is 24.5 Å². The first-order chi connectivity index (χ1) is 8.86. The number of carboxylic acid groups (broad SMARTS) is 1. The molecule has 6 nitrogen and oxygen atoms in total. The van der Waals surface area contributed by atoms with Crippen molar-refractivity contribution in [3.8, 4) is 6.07 Å². The Labute approximate surface area is 110 Å². The molecule has 1 N–H and O–H groups in total. The molecule has 0 unspecified atom stereocenters. The van der Waals surface area contributed by atoms with E-state index in [1.165, 1.54) is 19.2 Å². The first kappa shape index (κ1) is 13.5.